The van der Waals surface area contributed by atoms with Gasteiger partial charge in [0.1, 0.15) is 0 Å². The molecule has 0 unspecified atom stereocenters. The van der Waals surface area contributed by atoms with Crippen molar-refractivity contribution in [1.29, 1.82) is 0 Å². The maximum absolute atomic E-state index is 10.7. The van der Waals surface area contributed by atoms with Gasteiger partial charge in [0, 0.05) is 13.0 Å². The maximum atomic E-state index is 10.7. The van der Waals surface area contributed by atoms with E-state index in [9.17, 15) is 9.90 Å². The third-order valence-corrected chi connectivity index (χ3v) is 4.87. The second-order valence-corrected chi connectivity index (χ2v) is 6.89. The van der Waals surface area contributed by atoms with Gasteiger partial charge in [-0.15, -0.1) is 0 Å². The molecule has 1 aliphatic rings. The number of amides is 1. The average Bonchev–Trinajstić information content (AvgIpc) is 2.90. The van der Waals surface area contributed by atoms with Crippen molar-refractivity contribution in [3.8, 4) is 0 Å². The first-order chi connectivity index (χ1) is 11.6. The van der Waals surface area contributed by atoms with Crippen molar-refractivity contribution in [3.63, 3.8) is 0 Å². The maximum Gasteiger partial charge on any atom is 0.217 e. The van der Waals surface area contributed by atoms with Crippen LogP contribution in [0.5, 0.6) is 0 Å². The van der Waals surface area contributed by atoms with Crippen LogP contribution >= 0.6 is 0 Å². The van der Waals surface area contributed by atoms with E-state index in [4.69, 9.17) is 10.8 Å². The highest BCUT2D eigenvalue weighted by atomic mass is 16.3. The van der Waals surface area contributed by atoms with Crippen molar-refractivity contribution >= 4 is 5.91 Å². The molecular weight excluding hydrogens is 302 g/mol. The van der Waals surface area contributed by atoms with Crippen LogP contribution < -0.4 is 5.73 Å². The van der Waals surface area contributed by atoms with Gasteiger partial charge in [0.05, 0.1) is 6.10 Å². The van der Waals surface area contributed by atoms with Crippen molar-refractivity contribution in [2.45, 2.75) is 76.7 Å². The van der Waals surface area contributed by atoms with E-state index in [1.807, 2.05) is 0 Å². The number of aliphatic hydroxyl groups excluding tert-OH is 2. The molecule has 138 valence electrons. The standard InChI is InChI=1S/C20H35NO3/c21-20(24)13-9-5-4-8-12-18-17(14-15-19(18)23)11-7-3-1-2-6-10-16-22/h4,7-8,11,17-19,22-23H,1-3,5-6,9-10,12-16H2,(H2,21,24)/t17-,18-,19-/m0/s1. The lowest BCUT2D eigenvalue weighted by Gasteiger charge is -2.17. The van der Waals surface area contributed by atoms with Crippen LogP contribution in [0.3, 0.4) is 0 Å². The minimum atomic E-state index is -0.240. The molecule has 0 heterocycles. The van der Waals surface area contributed by atoms with E-state index < -0.39 is 0 Å². The zero-order chi connectivity index (χ0) is 17.6. The summed E-state index contributed by atoms with van der Waals surface area (Å²) in [4.78, 5) is 10.7. The van der Waals surface area contributed by atoms with Crippen LogP contribution in [0.1, 0.15) is 70.6 Å². The smallest absolute Gasteiger partial charge is 0.217 e. The molecule has 1 fully saturated rings. The van der Waals surface area contributed by atoms with Gasteiger partial charge < -0.3 is 15.9 Å². The summed E-state index contributed by atoms with van der Waals surface area (Å²) < 4.78 is 0. The quantitative estimate of drug-likeness (QED) is 0.355. The number of rotatable bonds is 13. The molecule has 1 rings (SSSR count). The molecule has 1 amide bonds. The molecule has 0 radical (unpaired) electrons. The van der Waals surface area contributed by atoms with Crippen LogP contribution in [0.25, 0.3) is 0 Å². The second-order valence-electron chi connectivity index (χ2n) is 6.89. The molecule has 1 saturated carbocycles. The molecule has 4 nitrogen and oxygen atoms in total. The minimum absolute atomic E-state index is 0.195. The van der Waals surface area contributed by atoms with Gasteiger partial charge in [-0.25, -0.2) is 0 Å². The predicted octanol–water partition coefficient (Wildman–Crippen LogP) is 3.47. The molecule has 24 heavy (non-hydrogen) atoms. The largest absolute Gasteiger partial charge is 0.396 e. The summed E-state index contributed by atoms with van der Waals surface area (Å²) in [5, 5.41) is 18.9. The monoisotopic (exact) mass is 337 g/mol. The summed E-state index contributed by atoms with van der Waals surface area (Å²) in [7, 11) is 0. The van der Waals surface area contributed by atoms with E-state index in [-0.39, 0.29) is 12.0 Å². The summed E-state index contributed by atoms with van der Waals surface area (Å²) in [6.45, 7) is 0.299. The van der Waals surface area contributed by atoms with Gasteiger partial charge >= 0.3 is 0 Å². The molecule has 1 aliphatic carbocycles. The number of unbranched alkanes of at least 4 members (excludes halogenated alkanes) is 5. The lowest BCUT2D eigenvalue weighted by atomic mass is 9.90. The third-order valence-electron chi connectivity index (χ3n) is 4.87. The van der Waals surface area contributed by atoms with Crippen LogP contribution in [0.2, 0.25) is 0 Å². The highest BCUT2D eigenvalue weighted by Crippen LogP contribution is 2.36. The fraction of sp³-hybridized carbons (Fsp3) is 0.750. The van der Waals surface area contributed by atoms with Crippen LogP contribution in [0.4, 0.5) is 0 Å². The van der Waals surface area contributed by atoms with Crippen molar-refractivity contribution in [2.24, 2.45) is 17.6 Å². The number of carbonyl (C=O) groups is 1. The summed E-state index contributed by atoms with van der Waals surface area (Å²) in [6, 6.07) is 0. The second kappa shape index (κ2) is 13.2. The Labute approximate surface area is 146 Å². The van der Waals surface area contributed by atoms with E-state index in [1.165, 1.54) is 12.8 Å². The zero-order valence-corrected chi connectivity index (χ0v) is 14.9. The van der Waals surface area contributed by atoms with Gasteiger partial charge in [0.15, 0.2) is 0 Å². The van der Waals surface area contributed by atoms with E-state index in [2.05, 4.69) is 24.3 Å². The van der Waals surface area contributed by atoms with Gasteiger partial charge in [-0.2, -0.15) is 0 Å². The Kier molecular flexibility index (Phi) is 11.5. The zero-order valence-electron chi connectivity index (χ0n) is 14.9. The van der Waals surface area contributed by atoms with Crippen LogP contribution in [0.15, 0.2) is 24.3 Å². The van der Waals surface area contributed by atoms with Crippen LogP contribution in [-0.4, -0.2) is 28.8 Å². The third kappa shape index (κ3) is 9.24. The Morgan fingerprint density at radius 2 is 1.75 bits per heavy atom. The highest BCUT2D eigenvalue weighted by molar-refractivity contribution is 5.73. The normalized spacial score (nSPS) is 24.3. The van der Waals surface area contributed by atoms with Gasteiger partial charge in [-0.1, -0.05) is 37.1 Å². The SMILES string of the molecule is NC(=O)CCCC=CC[C@@H]1[C@@H](O)CC[C@@H]1C=CCCCCCCO. The number of allylic oxidation sites excluding steroid dienone is 4. The Hall–Kier alpha value is -1.13. The molecule has 0 aromatic rings. The minimum Gasteiger partial charge on any atom is -0.396 e. The fourth-order valence-electron chi connectivity index (χ4n) is 3.41. The summed E-state index contributed by atoms with van der Waals surface area (Å²) in [5.41, 5.74) is 5.12. The summed E-state index contributed by atoms with van der Waals surface area (Å²) >= 11 is 0. The molecular formula is C20H35NO3. The van der Waals surface area contributed by atoms with Crippen molar-refractivity contribution < 1.29 is 15.0 Å². The molecule has 0 aliphatic heterocycles. The lowest BCUT2D eigenvalue weighted by molar-refractivity contribution is -0.118. The van der Waals surface area contributed by atoms with E-state index in [0.717, 1.165) is 51.4 Å². The molecule has 0 aromatic carbocycles. The van der Waals surface area contributed by atoms with Crippen LogP contribution in [-0.2, 0) is 4.79 Å². The van der Waals surface area contributed by atoms with Crippen molar-refractivity contribution in [1.82, 2.24) is 0 Å². The van der Waals surface area contributed by atoms with Gasteiger partial charge in [0.2, 0.25) is 5.91 Å². The van der Waals surface area contributed by atoms with Crippen LogP contribution in [0, 0.1) is 11.8 Å². The first-order valence-electron chi connectivity index (χ1n) is 9.54. The average molecular weight is 338 g/mol. The first-order valence-corrected chi connectivity index (χ1v) is 9.54. The Morgan fingerprint density at radius 3 is 2.50 bits per heavy atom. The van der Waals surface area contributed by atoms with E-state index in [1.54, 1.807) is 0 Å². The lowest BCUT2D eigenvalue weighted by Crippen LogP contribution is -2.17. The Balaban J connectivity index is 2.23. The molecule has 0 bridgehead atoms. The fourth-order valence-corrected chi connectivity index (χ4v) is 3.41. The molecule has 4 heteroatoms. The molecule has 4 N–H and O–H groups in total. The first kappa shape index (κ1) is 20.9. The highest BCUT2D eigenvalue weighted by Gasteiger charge is 2.32. The number of primary amides is 1. The van der Waals surface area contributed by atoms with E-state index >= 15 is 0 Å². The molecule has 3 atom stereocenters. The van der Waals surface area contributed by atoms with Gasteiger partial charge in [0.25, 0.3) is 0 Å². The number of carbonyl (C=O) groups excluding carboxylic acids is 1. The molecule has 0 aromatic heterocycles. The number of nitrogens with two attached hydrogens (primary N) is 1. The summed E-state index contributed by atoms with van der Waals surface area (Å²) in [5.74, 6) is 0.562. The topological polar surface area (TPSA) is 83.6 Å². The number of hydrogen-bond donors (Lipinski definition) is 3. The molecule has 0 spiro atoms. The number of hydrogen-bond acceptors (Lipinski definition) is 3. The summed E-state index contributed by atoms with van der Waals surface area (Å²) in [6.07, 6.45) is 19.1. The van der Waals surface area contributed by atoms with Crippen molar-refractivity contribution in [2.75, 3.05) is 6.61 Å². The van der Waals surface area contributed by atoms with Crippen molar-refractivity contribution in [3.05, 3.63) is 24.3 Å². The Bertz CT molecular complexity index is 392. The number of aliphatic hydroxyl groups is 2. The Morgan fingerprint density at radius 1 is 1.00 bits per heavy atom. The predicted molar refractivity (Wildman–Crippen MR) is 98.3 cm³/mol. The van der Waals surface area contributed by atoms with Gasteiger partial charge in [-0.05, 0) is 63.2 Å². The van der Waals surface area contributed by atoms with Gasteiger partial charge in [-0.3, -0.25) is 4.79 Å². The van der Waals surface area contributed by atoms with E-state index in [0.29, 0.717) is 24.9 Å². The molecule has 0 saturated heterocycles.